The van der Waals surface area contributed by atoms with Gasteiger partial charge in [-0.05, 0) is 12.1 Å². The van der Waals surface area contributed by atoms with Crippen molar-refractivity contribution < 1.29 is 14.3 Å². The molecule has 0 fully saturated rings. The van der Waals surface area contributed by atoms with E-state index in [9.17, 15) is 4.79 Å². The highest BCUT2D eigenvalue weighted by atomic mass is 32.1. The number of methoxy groups -OCH3 is 2. The van der Waals surface area contributed by atoms with E-state index in [0.29, 0.717) is 16.2 Å². The highest BCUT2D eigenvalue weighted by Crippen LogP contribution is 2.25. The van der Waals surface area contributed by atoms with Gasteiger partial charge in [0.1, 0.15) is 11.8 Å². The summed E-state index contributed by atoms with van der Waals surface area (Å²) >= 11 is 4.09. The number of nitriles is 1. The van der Waals surface area contributed by atoms with Crippen LogP contribution in [0.3, 0.4) is 0 Å². The highest BCUT2D eigenvalue weighted by molar-refractivity contribution is 7.80. The molecule has 0 saturated carbocycles. The zero-order valence-corrected chi connectivity index (χ0v) is 9.17. The lowest BCUT2D eigenvalue weighted by molar-refractivity contribution is 0.0596. The second kappa shape index (κ2) is 4.71. The van der Waals surface area contributed by atoms with Gasteiger partial charge in [-0.15, -0.1) is 12.6 Å². The molecule has 0 spiro atoms. The molecule has 0 bridgehead atoms. The molecule has 78 valence electrons. The zero-order valence-electron chi connectivity index (χ0n) is 8.27. The fourth-order valence-corrected chi connectivity index (χ4v) is 1.38. The van der Waals surface area contributed by atoms with Crippen molar-refractivity contribution in [3.8, 4) is 11.8 Å². The van der Waals surface area contributed by atoms with Crippen LogP contribution in [0, 0.1) is 11.3 Å². The third-order valence-electron chi connectivity index (χ3n) is 1.84. The lowest BCUT2D eigenvalue weighted by atomic mass is 10.1. The summed E-state index contributed by atoms with van der Waals surface area (Å²) in [6.45, 7) is 0. The van der Waals surface area contributed by atoms with Crippen molar-refractivity contribution in [1.82, 2.24) is 0 Å². The molecule has 0 unspecified atom stereocenters. The summed E-state index contributed by atoms with van der Waals surface area (Å²) in [7, 11) is 2.70. The first-order valence-corrected chi connectivity index (χ1v) is 4.48. The summed E-state index contributed by atoms with van der Waals surface area (Å²) in [5.41, 5.74) is 0.604. The summed E-state index contributed by atoms with van der Waals surface area (Å²) in [5, 5.41) is 8.78. The van der Waals surface area contributed by atoms with E-state index in [0.717, 1.165) is 0 Å². The monoisotopic (exact) mass is 223 g/mol. The van der Waals surface area contributed by atoms with Crippen LogP contribution in [0.2, 0.25) is 0 Å². The van der Waals surface area contributed by atoms with Crippen molar-refractivity contribution in [1.29, 1.82) is 5.26 Å². The molecular weight excluding hydrogens is 214 g/mol. The van der Waals surface area contributed by atoms with E-state index in [2.05, 4.69) is 17.4 Å². The van der Waals surface area contributed by atoms with Crippen LogP contribution in [0.15, 0.2) is 17.0 Å². The Kier molecular flexibility index (Phi) is 3.58. The highest BCUT2D eigenvalue weighted by Gasteiger charge is 2.14. The maximum Gasteiger partial charge on any atom is 0.339 e. The third-order valence-corrected chi connectivity index (χ3v) is 2.21. The summed E-state index contributed by atoms with van der Waals surface area (Å²) in [6.07, 6.45) is 0. The second-order valence-electron chi connectivity index (χ2n) is 2.67. The summed E-state index contributed by atoms with van der Waals surface area (Å²) in [6, 6.07) is 4.85. The number of carbonyl (C=O) groups excluding carboxylic acids is 1. The second-order valence-corrected chi connectivity index (χ2v) is 3.15. The fourth-order valence-electron chi connectivity index (χ4n) is 1.10. The van der Waals surface area contributed by atoms with Gasteiger partial charge in [0.15, 0.2) is 0 Å². The van der Waals surface area contributed by atoms with Gasteiger partial charge in [-0.25, -0.2) is 4.79 Å². The molecule has 15 heavy (non-hydrogen) atoms. The van der Waals surface area contributed by atoms with E-state index in [1.54, 1.807) is 0 Å². The number of nitrogens with zero attached hydrogens (tertiary/aromatic N) is 1. The summed E-state index contributed by atoms with van der Waals surface area (Å²) in [5.74, 6) is -0.182. The first-order chi connectivity index (χ1) is 7.13. The third kappa shape index (κ3) is 2.22. The number of benzene rings is 1. The van der Waals surface area contributed by atoms with E-state index in [-0.39, 0.29) is 5.56 Å². The average molecular weight is 223 g/mol. The summed E-state index contributed by atoms with van der Waals surface area (Å²) in [4.78, 5) is 11.7. The van der Waals surface area contributed by atoms with Crippen LogP contribution in [-0.4, -0.2) is 20.2 Å². The lowest BCUT2D eigenvalue weighted by Gasteiger charge is -2.07. The van der Waals surface area contributed by atoms with Crippen LogP contribution in [0.25, 0.3) is 0 Å². The Morgan fingerprint density at radius 3 is 2.60 bits per heavy atom. The van der Waals surface area contributed by atoms with Crippen molar-refractivity contribution in [3.63, 3.8) is 0 Å². The lowest BCUT2D eigenvalue weighted by Crippen LogP contribution is -2.03. The quantitative estimate of drug-likeness (QED) is 0.611. The van der Waals surface area contributed by atoms with Crippen LogP contribution in [-0.2, 0) is 4.74 Å². The van der Waals surface area contributed by atoms with Gasteiger partial charge in [-0.3, -0.25) is 0 Å². The van der Waals surface area contributed by atoms with Gasteiger partial charge >= 0.3 is 5.97 Å². The molecule has 0 saturated heterocycles. The molecule has 0 aliphatic rings. The maximum atomic E-state index is 11.3. The molecule has 5 heteroatoms. The van der Waals surface area contributed by atoms with E-state index < -0.39 is 5.97 Å². The van der Waals surface area contributed by atoms with Crippen LogP contribution >= 0.6 is 12.6 Å². The Balaban J connectivity index is 3.33. The predicted molar refractivity (Wildman–Crippen MR) is 56.3 cm³/mol. The Bertz CT molecular complexity index is 437. The molecule has 0 radical (unpaired) electrons. The largest absolute Gasteiger partial charge is 0.495 e. The van der Waals surface area contributed by atoms with Crippen molar-refractivity contribution in [3.05, 3.63) is 23.3 Å². The maximum absolute atomic E-state index is 11.3. The van der Waals surface area contributed by atoms with Crippen molar-refractivity contribution in [2.45, 2.75) is 4.90 Å². The van der Waals surface area contributed by atoms with Crippen LogP contribution in [0.4, 0.5) is 0 Å². The normalized spacial score (nSPS) is 9.20. The number of carbonyl (C=O) groups is 1. The van der Waals surface area contributed by atoms with E-state index in [4.69, 9.17) is 10.00 Å². The minimum Gasteiger partial charge on any atom is -0.495 e. The molecule has 0 aliphatic heterocycles. The number of hydrogen-bond acceptors (Lipinski definition) is 5. The van der Waals surface area contributed by atoms with Gasteiger partial charge in [0.05, 0.1) is 25.3 Å². The number of esters is 1. The predicted octanol–water partition coefficient (Wildman–Crippen LogP) is 1.64. The molecule has 0 aromatic heterocycles. The Morgan fingerprint density at radius 2 is 2.13 bits per heavy atom. The number of ether oxygens (including phenoxy) is 2. The van der Waals surface area contributed by atoms with Gasteiger partial charge in [0.2, 0.25) is 0 Å². The average Bonchev–Trinajstić information content (AvgIpc) is 2.27. The topological polar surface area (TPSA) is 59.3 Å². The molecule has 4 nitrogen and oxygen atoms in total. The molecule has 0 atom stereocenters. The van der Waals surface area contributed by atoms with Gasteiger partial charge in [-0.1, -0.05) is 0 Å². The van der Waals surface area contributed by atoms with Crippen LogP contribution < -0.4 is 4.74 Å². The SMILES string of the molecule is COC(=O)c1cc(OC)c(C#N)cc1S. The Hall–Kier alpha value is -1.67. The van der Waals surface area contributed by atoms with Crippen molar-refractivity contribution in [2.24, 2.45) is 0 Å². The fraction of sp³-hybridized carbons (Fsp3) is 0.200. The zero-order chi connectivity index (χ0) is 11.4. The van der Waals surface area contributed by atoms with Gasteiger partial charge in [-0.2, -0.15) is 5.26 Å². The first-order valence-electron chi connectivity index (χ1n) is 4.03. The van der Waals surface area contributed by atoms with Gasteiger partial charge < -0.3 is 9.47 Å². The van der Waals surface area contributed by atoms with Gasteiger partial charge in [0.25, 0.3) is 0 Å². The molecule has 0 heterocycles. The minimum absolute atomic E-state index is 0.275. The molecule has 1 aromatic carbocycles. The standard InChI is InChI=1S/C10H9NO3S/c1-13-8-4-7(10(12)14-2)9(15)3-6(8)5-11/h3-4,15H,1-2H3. The molecule has 1 aromatic rings. The van der Waals surface area contributed by atoms with Crippen LogP contribution in [0.5, 0.6) is 5.75 Å². The minimum atomic E-state index is -0.511. The molecular formula is C10H9NO3S. The molecule has 0 N–H and O–H groups in total. The van der Waals surface area contributed by atoms with Gasteiger partial charge in [0, 0.05) is 4.90 Å². The first kappa shape index (κ1) is 11.4. The van der Waals surface area contributed by atoms with Crippen molar-refractivity contribution >= 4 is 18.6 Å². The van der Waals surface area contributed by atoms with E-state index in [1.165, 1.54) is 26.4 Å². The Morgan fingerprint density at radius 1 is 1.47 bits per heavy atom. The number of thiol groups is 1. The molecule has 1 rings (SSSR count). The smallest absolute Gasteiger partial charge is 0.339 e. The van der Waals surface area contributed by atoms with E-state index in [1.807, 2.05) is 6.07 Å². The summed E-state index contributed by atoms with van der Waals surface area (Å²) < 4.78 is 9.53. The molecule has 0 amide bonds. The number of hydrogen-bond donors (Lipinski definition) is 1. The number of rotatable bonds is 2. The molecule has 0 aliphatic carbocycles. The van der Waals surface area contributed by atoms with Crippen LogP contribution in [0.1, 0.15) is 15.9 Å². The van der Waals surface area contributed by atoms with E-state index >= 15 is 0 Å². The van der Waals surface area contributed by atoms with Crippen molar-refractivity contribution in [2.75, 3.05) is 14.2 Å². The Labute approximate surface area is 92.8 Å².